The lowest BCUT2D eigenvalue weighted by atomic mass is 10.2. The maximum absolute atomic E-state index is 6.07. The molecule has 0 aliphatic rings. The van der Waals surface area contributed by atoms with Gasteiger partial charge in [0.05, 0.1) is 5.02 Å². The molecule has 0 fully saturated rings. The number of nitrogens with zero attached hydrogens (tertiary/aromatic N) is 2. The van der Waals surface area contributed by atoms with Crippen LogP contribution < -0.4 is 5.32 Å². The van der Waals surface area contributed by atoms with E-state index in [-0.39, 0.29) is 0 Å². The van der Waals surface area contributed by atoms with Crippen LogP contribution in [0.5, 0.6) is 0 Å². The molecule has 2 N–H and O–H groups in total. The highest BCUT2D eigenvalue weighted by Gasteiger charge is 2.07. The zero-order chi connectivity index (χ0) is 14.7. The average Bonchev–Trinajstić information content (AvgIpc) is 3.08. The highest BCUT2D eigenvalue weighted by atomic mass is 35.5. The minimum Gasteiger partial charge on any atom is -0.325 e. The average molecular weight is 337 g/mol. The quantitative estimate of drug-likeness (QED) is 0.653. The summed E-state index contributed by atoms with van der Waals surface area (Å²) in [5, 5.41) is 13.8. The first-order chi connectivity index (χ1) is 10.2. The van der Waals surface area contributed by atoms with E-state index in [2.05, 4.69) is 27.4 Å². The lowest BCUT2D eigenvalue weighted by molar-refractivity contribution is 0.973. The molecule has 4 nitrogen and oxygen atoms in total. The number of hydrogen-bond donors (Lipinski definition) is 2. The molecule has 108 valence electrons. The second-order valence-corrected chi connectivity index (χ2v) is 6.79. The Kier molecular flexibility index (Phi) is 4.48. The van der Waals surface area contributed by atoms with E-state index in [1.165, 1.54) is 5.56 Å². The smallest absolute Gasteiger partial charge is 0.223 e. The summed E-state index contributed by atoms with van der Waals surface area (Å²) in [7, 11) is 0. The van der Waals surface area contributed by atoms with Gasteiger partial charge in [-0.05, 0) is 30.5 Å². The van der Waals surface area contributed by atoms with Crippen LogP contribution in [-0.2, 0) is 5.75 Å². The van der Waals surface area contributed by atoms with Gasteiger partial charge in [0, 0.05) is 16.3 Å². The van der Waals surface area contributed by atoms with E-state index in [0.29, 0.717) is 11.1 Å². The van der Waals surface area contributed by atoms with Crippen LogP contribution in [0.3, 0.4) is 0 Å². The van der Waals surface area contributed by atoms with Gasteiger partial charge < -0.3 is 5.32 Å². The number of anilines is 2. The van der Waals surface area contributed by atoms with Gasteiger partial charge in [-0.15, -0.1) is 16.4 Å². The molecule has 3 rings (SSSR count). The lowest BCUT2D eigenvalue weighted by Gasteiger charge is -2.01. The first kappa shape index (κ1) is 14.4. The third kappa shape index (κ3) is 3.78. The predicted molar refractivity (Wildman–Crippen MR) is 89.7 cm³/mol. The number of hydrogen-bond acceptors (Lipinski definition) is 5. The maximum Gasteiger partial charge on any atom is 0.223 e. The Labute approximate surface area is 136 Å². The van der Waals surface area contributed by atoms with Crippen LogP contribution in [0.4, 0.5) is 11.6 Å². The van der Waals surface area contributed by atoms with Gasteiger partial charge in [0.2, 0.25) is 11.1 Å². The summed E-state index contributed by atoms with van der Waals surface area (Å²) in [4.78, 5) is 5.54. The zero-order valence-corrected chi connectivity index (χ0v) is 13.6. The van der Waals surface area contributed by atoms with Gasteiger partial charge >= 0.3 is 0 Å². The Bertz CT molecular complexity index is 721. The normalized spacial score (nSPS) is 10.8. The molecule has 0 saturated carbocycles. The molecule has 0 aliphatic heterocycles. The van der Waals surface area contributed by atoms with Gasteiger partial charge in [0.25, 0.3) is 0 Å². The third-order valence-electron chi connectivity index (χ3n) is 2.80. The molecule has 7 heteroatoms. The Morgan fingerprint density at radius 3 is 2.81 bits per heavy atom. The number of nitrogens with one attached hydrogen (secondary N) is 2. The van der Waals surface area contributed by atoms with Gasteiger partial charge in [0.1, 0.15) is 0 Å². The molecule has 3 aromatic rings. The van der Waals surface area contributed by atoms with Crippen molar-refractivity contribution in [2.24, 2.45) is 0 Å². The van der Waals surface area contributed by atoms with Crippen molar-refractivity contribution < 1.29 is 0 Å². The summed E-state index contributed by atoms with van der Waals surface area (Å²) in [5.74, 6) is 1.41. The van der Waals surface area contributed by atoms with Crippen LogP contribution in [0.2, 0.25) is 5.02 Å². The van der Waals surface area contributed by atoms with E-state index >= 15 is 0 Å². The highest BCUT2D eigenvalue weighted by Crippen LogP contribution is 2.29. The van der Waals surface area contributed by atoms with Crippen LogP contribution in [0.1, 0.15) is 10.4 Å². The van der Waals surface area contributed by atoms with E-state index < -0.39 is 0 Å². The number of halogens is 1. The van der Waals surface area contributed by atoms with Gasteiger partial charge in [-0.1, -0.05) is 41.1 Å². The topological polar surface area (TPSA) is 53.6 Å². The molecular weight excluding hydrogens is 324 g/mol. The van der Waals surface area contributed by atoms with Gasteiger partial charge in [-0.25, -0.2) is 5.10 Å². The summed E-state index contributed by atoms with van der Waals surface area (Å²) in [6.45, 7) is 2.06. The summed E-state index contributed by atoms with van der Waals surface area (Å²) in [6.07, 6.45) is 0. The zero-order valence-electron chi connectivity index (χ0n) is 11.3. The molecular formula is C14H13ClN4S2. The number of aromatic nitrogens is 3. The third-order valence-corrected chi connectivity index (χ3v) is 5.25. The predicted octanol–water partition coefficient (Wildman–Crippen LogP) is 4.86. The fourth-order valence-corrected chi connectivity index (χ4v) is 3.80. The summed E-state index contributed by atoms with van der Waals surface area (Å²) in [5.41, 5.74) is 2.21. The van der Waals surface area contributed by atoms with Gasteiger partial charge in [0.15, 0.2) is 0 Å². The van der Waals surface area contributed by atoms with Crippen molar-refractivity contribution in [3.63, 3.8) is 0 Å². The summed E-state index contributed by atoms with van der Waals surface area (Å²) < 4.78 is 0. The van der Waals surface area contributed by atoms with Crippen LogP contribution in [0.15, 0.2) is 40.9 Å². The van der Waals surface area contributed by atoms with Gasteiger partial charge in [-0.3, -0.25) is 0 Å². The largest absolute Gasteiger partial charge is 0.325 e. The minimum atomic E-state index is 0.638. The molecule has 0 atom stereocenters. The summed E-state index contributed by atoms with van der Waals surface area (Å²) in [6, 6.07) is 10.0. The molecule has 1 aromatic carbocycles. The van der Waals surface area contributed by atoms with Crippen LogP contribution in [-0.4, -0.2) is 15.2 Å². The molecule has 21 heavy (non-hydrogen) atoms. The standard InChI is InChI=1S/C14H13ClN4S2/c1-9-2-4-10(5-3-9)16-13-17-14(19-18-13)21-8-12-11(15)6-7-20-12/h2-7H,8H2,1H3,(H2,16,17,18,19). The van der Waals surface area contributed by atoms with Crippen molar-refractivity contribution in [3.8, 4) is 0 Å². The molecule has 0 bridgehead atoms. The van der Waals surface area contributed by atoms with E-state index in [1.54, 1.807) is 23.1 Å². The van der Waals surface area contributed by atoms with Crippen LogP contribution in [0.25, 0.3) is 0 Å². The monoisotopic (exact) mass is 336 g/mol. The van der Waals surface area contributed by atoms with E-state index in [1.807, 2.05) is 35.7 Å². The molecule has 0 aliphatic carbocycles. The van der Waals surface area contributed by atoms with E-state index in [4.69, 9.17) is 11.6 Å². The van der Waals surface area contributed by atoms with E-state index in [0.717, 1.165) is 21.3 Å². The second-order valence-electron chi connectivity index (χ2n) is 4.44. The van der Waals surface area contributed by atoms with Crippen molar-refractivity contribution >= 4 is 46.3 Å². The van der Waals surface area contributed by atoms with Crippen molar-refractivity contribution in [2.75, 3.05) is 5.32 Å². The lowest BCUT2D eigenvalue weighted by Crippen LogP contribution is -1.92. The molecule has 0 radical (unpaired) electrons. The van der Waals surface area contributed by atoms with Crippen molar-refractivity contribution in [1.82, 2.24) is 15.2 Å². The number of aryl methyl sites for hydroxylation is 1. The van der Waals surface area contributed by atoms with Crippen LogP contribution >= 0.6 is 34.7 Å². The molecule has 0 amide bonds. The molecule has 2 aromatic heterocycles. The SMILES string of the molecule is Cc1ccc(Nc2nc(SCc3sccc3Cl)n[nH]2)cc1. The second kappa shape index (κ2) is 6.51. The molecule has 0 spiro atoms. The minimum absolute atomic E-state index is 0.638. The first-order valence-electron chi connectivity index (χ1n) is 6.31. The first-order valence-corrected chi connectivity index (χ1v) is 8.56. The van der Waals surface area contributed by atoms with Crippen molar-refractivity contribution in [3.05, 3.63) is 51.2 Å². The van der Waals surface area contributed by atoms with Crippen molar-refractivity contribution in [2.45, 2.75) is 17.8 Å². The number of aromatic amines is 1. The maximum atomic E-state index is 6.07. The molecule has 0 unspecified atom stereocenters. The fraction of sp³-hybridized carbons (Fsp3) is 0.143. The van der Waals surface area contributed by atoms with Gasteiger partial charge in [-0.2, -0.15) is 4.98 Å². The van der Waals surface area contributed by atoms with E-state index in [9.17, 15) is 0 Å². The highest BCUT2D eigenvalue weighted by molar-refractivity contribution is 7.98. The Balaban J connectivity index is 1.61. The van der Waals surface area contributed by atoms with Crippen molar-refractivity contribution in [1.29, 1.82) is 0 Å². The Hall–Kier alpha value is -1.50. The number of rotatable bonds is 5. The number of benzene rings is 1. The fourth-order valence-electron chi connectivity index (χ4n) is 1.70. The Morgan fingerprint density at radius 2 is 2.10 bits per heavy atom. The number of thioether (sulfide) groups is 1. The number of H-pyrrole nitrogens is 1. The number of thiophene rings is 1. The Morgan fingerprint density at radius 1 is 1.29 bits per heavy atom. The van der Waals surface area contributed by atoms with Crippen LogP contribution in [0, 0.1) is 6.92 Å². The summed E-state index contributed by atoms with van der Waals surface area (Å²) >= 11 is 9.27. The molecule has 0 saturated heterocycles. The molecule has 2 heterocycles.